The molecule has 0 atom stereocenters. The van der Waals surface area contributed by atoms with E-state index >= 15 is 0 Å². The van der Waals surface area contributed by atoms with Crippen LogP contribution >= 0.6 is 11.6 Å². The molecule has 3 nitrogen and oxygen atoms in total. The molecule has 0 aromatic rings. The number of ether oxygens (including phenoxy) is 2. The van der Waals surface area contributed by atoms with Crippen molar-refractivity contribution in [3.8, 4) is 0 Å². The fourth-order valence-corrected chi connectivity index (χ4v) is 0.410. The van der Waals surface area contributed by atoms with Gasteiger partial charge in [0.15, 0.2) is 0 Å². The fraction of sp³-hybridized carbons (Fsp3) is 0.500. The van der Waals surface area contributed by atoms with Crippen LogP contribution in [0.5, 0.6) is 0 Å². The van der Waals surface area contributed by atoms with Gasteiger partial charge in [-0.1, -0.05) is 11.6 Å². The Balaban J connectivity index is 3.21. The zero-order valence-electron chi connectivity index (χ0n) is 5.67. The Labute approximate surface area is 64.6 Å². The number of halogens is 1. The van der Waals surface area contributed by atoms with Crippen molar-refractivity contribution in [2.24, 2.45) is 0 Å². The molecule has 0 rings (SSSR count). The average molecular weight is 165 g/mol. The minimum atomic E-state index is -0.391. The van der Waals surface area contributed by atoms with Gasteiger partial charge >= 0.3 is 5.97 Å². The quantitative estimate of drug-likeness (QED) is 0.580. The Morgan fingerprint density at radius 2 is 2.40 bits per heavy atom. The number of hydrogen-bond acceptors (Lipinski definition) is 3. The van der Waals surface area contributed by atoms with Gasteiger partial charge in [-0.25, -0.2) is 4.79 Å². The average Bonchev–Trinajstić information content (AvgIpc) is 1.89. The van der Waals surface area contributed by atoms with Crippen LogP contribution in [0.4, 0.5) is 0 Å². The van der Waals surface area contributed by atoms with E-state index in [4.69, 9.17) is 11.6 Å². The van der Waals surface area contributed by atoms with Crippen LogP contribution in [0.25, 0.3) is 0 Å². The van der Waals surface area contributed by atoms with Gasteiger partial charge in [0.05, 0.1) is 0 Å². The standard InChI is InChI=1S/C6H9ClO3/c1-9-5-6(8)10-4-2-3-7/h2-3H,4-5H2,1H3/b3-2+. The van der Waals surface area contributed by atoms with E-state index in [0.717, 1.165) is 0 Å². The SMILES string of the molecule is COCC(=O)OC/C=C/Cl. The van der Waals surface area contributed by atoms with Crippen molar-refractivity contribution in [1.82, 2.24) is 0 Å². The Kier molecular flexibility index (Phi) is 6.22. The molecule has 0 N–H and O–H groups in total. The third-order valence-electron chi connectivity index (χ3n) is 0.692. The minimum Gasteiger partial charge on any atom is -0.460 e. The maximum absolute atomic E-state index is 10.5. The lowest BCUT2D eigenvalue weighted by Crippen LogP contribution is -2.10. The first-order valence-corrected chi connectivity index (χ1v) is 3.14. The van der Waals surface area contributed by atoms with Crippen molar-refractivity contribution in [2.45, 2.75) is 0 Å². The lowest BCUT2D eigenvalue weighted by Gasteiger charge is -1.98. The molecule has 0 amide bonds. The Morgan fingerprint density at radius 1 is 1.70 bits per heavy atom. The predicted octanol–water partition coefficient (Wildman–Crippen LogP) is 0.929. The Morgan fingerprint density at radius 3 is 2.90 bits per heavy atom. The van der Waals surface area contributed by atoms with Crippen molar-refractivity contribution in [3.05, 3.63) is 11.6 Å². The first-order valence-electron chi connectivity index (χ1n) is 2.71. The Hall–Kier alpha value is -0.540. The number of methoxy groups -OCH3 is 1. The smallest absolute Gasteiger partial charge is 0.332 e. The minimum absolute atomic E-state index is 0.0177. The van der Waals surface area contributed by atoms with E-state index in [1.54, 1.807) is 0 Å². The number of carbonyl (C=O) groups is 1. The number of carbonyl (C=O) groups excluding carboxylic acids is 1. The maximum Gasteiger partial charge on any atom is 0.332 e. The van der Waals surface area contributed by atoms with Gasteiger partial charge in [-0.2, -0.15) is 0 Å². The molecular weight excluding hydrogens is 156 g/mol. The van der Waals surface area contributed by atoms with Crippen molar-refractivity contribution in [1.29, 1.82) is 0 Å². The highest BCUT2D eigenvalue weighted by Crippen LogP contribution is 1.82. The van der Waals surface area contributed by atoms with Crippen LogP contribution in [0, 0.1) is 0 Å². The second-order valence-corrected chi connectivity index (χ2v) is 1.73. The van der Waals surface area contributed by atoms with Gasteiger partial charge in [-0.15, -0.1) is 0 Å². The van der Waals surface area contributed by atoms with Crippen molar-refractivity contribution >= 4 is 17.6 Å². The molecule has 0 aliphatic rings. The molecule has 0 aliphatic heterocycles. The molecular formula is C6H9ClO3. The van der Waals surface area contributed by atoms with Crippen LogP contribution in [0.3, 0.4) is 0 Å². The van der Waals surface area contributed by atoms with Crippen LogP contribution < -0.4 is 0 Å². The predicted molar refractivity (Wildman–Crippen MR) is 37.8 cm³/mol. The fourth-order valence-electron chi connectivity index (χ4n) is 0.337. The van der Waals surface area contributed by atoms with Crippen LogP contribution in [0.15, 0.2) is 11.6 Å². The normalized spacial score (nSPS) is 10.2. The third kappa shape index (κ3) is 5.59. The van der Waals surface area contributed by atoms with E-state index in [9.17, 15) is 4.79 Å². The van der Waals surface area contributed by atoms with Gasteiger partial charge in [0.1, 0.15) is 13.2 Å². The zero-order valence-corrected chi connectivity index (χ0v) is 6.43. The van der Waals surface area contributed by atoms with Gasteiger partial charge in [0.2, 0.25) is 0 Å². The third-order valence-corrected chi connectivity index (χ3v) is 0.870. The molecule has 0 radical (unpaired) electrons. The molecule has 0 spiro atoms. The molecule has 0 saturated heterocycles. The summed E-state index contributed by atoms with van der Waals surface area (Å²) >= 11 is 5.16. The second kappa shape index (κ2) is 6.58. The largest absolute Gasteiger partial charge is 0.460 e. The van der Waals surface area contributed by atoms with Gasteiger partial charge in [0, 0.05) is 12.6 Å². The number of hydrogen-bond donors (Lipinski definition) is 0. The molecule has 0 aromatic heterocycles. The van der Waals surface area contributed by atoms with Gasteiger partial charge in [0.25, 0.3) is 0 Å². The van der Waals surface area contributed by atoms with Gasteiger partial charge < -0.3 is 9.47 Å². The molecule has 0 fully saturated rings. The van der Waals surface area contributed by atoms with Crippen LogP contribution in [-0.4, -0.2) is 26.3 Å². The first-order chi connectivity index (χ1) is 4.81. The Bertz CT molecular complexity index is 122. The molecule has 4 heteroatoms. The summed E-state index contributed by atoms with van der Waals surface area (Å²) in [6.45, 7) is 0.182. The highest BCUT2D eigenvalue weighted by Gasteiger charge is 1.97. The summed E-state index contributed by atoms with van der Waals surface area (Å²) < 4.78 is 9.09. The molecule has 0 unspecified atom stereocenters. The number of rotatable bonds is 4. The van der Waals surface area contributed by atoms with Gasteiger partial charge in [-0.05, 0) is 6.08 Å². The summed E-state index contributed by atoms with van der Waals surface area (Å²) in [5.74, 6) is -0.391. The first kappa shape index (κ1) is 9.46. The van der Waals surface area contributed by atoms with Crippen molar-refractivity contribution < 1.29 is 14.3 Å². The highest BCUT2D eigenvalue weighted by atomic mass is 35.5. The van der Waals surface area contributed by atoms with E-state index in [2.05, 4.69) is 9.47 Å². The summed E-state index contributed by atoms with van der Waals surface area (Å²) in [6.07, 6.45) is 1.52. The molecule has 0 aliphatic carbocycles. The molecule has 0 saturated carbocycles. The van der Waals surface area contributed by atoms with Crippen molar-refractivity contribution in [2.75, 3.05) is 20.3 Å². The molecule has 10 heavy (non-hydrogen) atoms. The van der Waals surface area contributed by atoms with Gasteiger partial charge in [-0.3, -0.25) is 0 Å². The topological polar surface area (TPSA) is 35.5 Å². The van der Waals surface area contributed by atoms with E-state index < -0.39 is 5.97 Å². The maximum atomic E-state index is 10.5. The zero-order chi connectivity index (χ0) is 7.82. The van der Waals surface area contributed by atoms with E-state index in [1.165, 1.54) is 18.7 Å². The number of esters is 1. The van der Waals surface area contributed by atoms with Crippen LogP contribution in [0.2, 0.25) is 0 Å². The second-order valence-electron chi connectivity index (χ2n) is 1.48. The lowest BCUT2D eigenvalue weighted by molar-refractivity contribution is -0.146. The highest BCUT2D eigenvalue weighted by molar-refractivity contribution is 6.25. The van der Waals surface area contributed by atoms with Crippen LogP contribution in [0.1, 0.15) is 0 Å². The summed E-state index contributed by atoms with van der Waals surface area (Å²) in [7, 11) is 1.43. The summed E-state index contributed by atoms with van der Waals surface area (Å²) in [5.41, 5.74) is 1.29. The van der Waals surface area contributed by atoms with E-state index in [0.29, 0.717) is 0 Å². The molecule has 0 bridgehead atoms. The lowest BCUT2D eigenvalue weighted by atomic mass is 10.6. The molecule has 58 valence electrons. The van der Waals surface area contributed by atoms with Crippen molar-refractivity contribution in [3.63, 3.8) is 0 Å². The molecule has 0 aromatic carbocycles. The van der Waals surface area contributed by atoms with Crippen LogP contribution in [-0.2, 0) is 14.3 Å². The van der Waals surface area contributed by atoms with E-state index in [1.807, 2.05) is 0 Å². The molecule has 0 heterocycles. The summed E-state index contributed by atoms with van der Waals surface area (Å²) in [6, 6.07) is 0. The monoisotopic (exact) mass is 164 g/mol. The summed E-state index contributed by atoms with van der Waals surface area (Å²) in [5, 5.41) is 0. The summed E-state index contributed by atoms with van der Waals surface area (Å²) in [4.78, 5) is 10.5. The van der Waals surface area contributed by atoms with E-state index in [-0.39, 0.29) is 13.2 Å².